The van der Waals surface area contributed by atoms with Crippen molar-refractivity contribution in [3.63, 3.8) is 0 Å². The van der Waals surface area contributed by atoms with Crippen LogP contribution in [0, 0.1) is 0 Å². The summed E-state index contributed by atoms with van der Waals surface area (Å²) >= 11 is 1.33. The van der Waals surface area contributed by atoms with Crippen molar-refractivity contribution in [1.29, 1.82) is 0 Å². The number of carbonyl (C=O) groups excluding carboxylic acids is 2. The number of rotatable bonds is 8. The molecule has 0 saturated carbocycles. The van der Waals surface area contributed by atoms with Crippen LogP contribution in [0.15, 0.2) is 40.1 Å². The number of Topliss-reactive ketones (excluding diaryl/α,β-unsaturated/α-hetero) is 1. The minimum Gasteiger partial charge on any atom is -0.411 e. The summed E-state index contributed by atoms with van der Waals surface area (Å²) in [6, 6.07) is 7.89. The summed E-state index contributed by atoms with van der Waals surface area (Å²) < 4.78 is 5.72. The monoisotopic (exact) mass is 386 g/mol. The van der Waals surface area contributed by atoms with Crippen LogP contribution in [0.2, 0.25) is 0 Å². The number of ketones is 1. The number of thioether (sulfide) groups is 1. The number of amides is 1. The molecule has 2 aromatic heterocycles. The van der Waals surface area contributed by atoms with Gasteiger partial charge in [-0.3, -0.25) is 9.59 Å². The molecular formula is C19H22N4O3S. The number of aromatic amines is 1. The Morgan fingerprint density at radius 1 is 1.26 bits per heavy atom. The summed E-state index contributed by atoms with van der Waals surface area (Å²) in [6.45, 7) is 5.19. The Morgan fingerprint density at radius 3 is 2.81 bits per heavy atom. The van der Waals surface area contributed by atoms with Crippen molar-refractivity contribution in [3.05, 3.63) is 30.5 Å². The van der Waals surface area contributed by atoms with E-state index in [1.54, 1.807) is 0 Å². The second-order valence-corrected chi connectivity index (χ2v) is 8.08. The van der Waals surface area contributed by atoms with Crippen LogP contribution < -0.4 is 5.32 Å². The maximum atomic E-state index is 12.1. The zero-order valence-electron chi connectivity index (χ0n) is 15.5. The van der Waals surface area contributed by atoms with Crippen LogP contribution in [0.1, 0.15) is 33.6 Å². The van der Waals surface area contributed by atoms with E-state index >= 15 is 0 Å². The van der Waals surface area contributed by atoms with Gasteiger partial charge in [0.2, 0.25) is 5.91 Å². The van der Waals surface area contributed by atoms with Crippen molar-refractivity contribution in [2.75, 3.05) is 5.75 Å². The first kappa shape index (κ1) is 19.2. The number of nitrogens with zero attached hydrogens (tertiary/aromatic N) is 2. The standard InChI is InChI=1S/C19H22N4O3S/c1-12(24)10-19(2,3)21-16(25)8-9-27-18-23-22-17(26-18)14-11-20-15-7-5-4-6-13(14)15/h4-7,11,20H,8-10H2,1-3H3,(H,21,25). The molecule has 0 bridgehead atoms. The molecule has 3 aromatic rings. The summed E-state index contributed by atoms with van der Waals surface area (Å²) in [5, 5.41) is 12.5. The third kappa shape index (κ3) is 4.97. The fourth-order valence-corrected chi connectivity index (χ4v) is 3.66. The summed E-state index contributed by atoms with van der Waals surface area (Å²) in [4.78, 5) is 26.5. The number of aromatic nitrogens is 3. The number of para-hydroxylation sites is 1. The molecule has 7 nitrogen and oxygen atoms in total. The second kappa shape index (κ2) is 7.96. The second-order valence-electron chi connectivity index (χ2n) is 7.03. The topological polar surface area (TPSA) is 101 Å². The molecule has 2 N–H and O–H groups in total. The van der Waals surface area contributed by atoms with Crippen LogP contribution in [0.25, 0.3) is 22.4 Å². The molecule has 0 radical (unpaired) electrons. The third-order valence-corrected chi connectivity index (χ3v) is 4.77. The summed E-state index contributed by atoms with van der Waals surface area (Å²) in [6.07, 6.45) is 2.46. The van der Waals surface area contributed by atoms with E-state index in [9.17, 15) is 9.59 Å². The lowest BCUT2D eigenvalue weighted by molar-refractivity contribution is -0.123. The molecule has 0 spiro atoms. The number of nitrogens with one attached hydrogen (secondary N) is 2. The maximum absolute atomic E-state index is 12.1. The lowest BCUT2D eigenvalue weighted by atomic mass is 9.98. The molecule has 0 unspecified atom stereocenters. The van der Waals surface area contributed by atoms with Gasteiger partial charge in [-0.25, -0.2) is 0 Å². The number of hydrogen-bond donors (Lipinski definition) is 2. The molecule has 0 atom stereocenters. The van der Waals surface area contributed by atoms with Crippen molar-refractivity contribution >= 4 is 34.4 Å². The highest BCUT2D eigenvalue weighted by molar-refractivity contribution is 7.99. The zero-order chi connectivity index (χ0) is 19.4. The number of hydrogen-bond acceptors (Lipinski definition) is 6. The van der Waals surface area contributed by atoms with Gasteiger partial charge in [0.25, 0.3) is 11.1 Å². The van der Waals surface area contributed by atoms with Gasteiger partial charge in [0.1, 0.15) is 5.78 Å². The van der Waals surface area contributed by atoms with Crippen molar-refractivity contribution in [3.8, 4) is 11.5 Å². The highest BCUT2D eigenvalue weighted by Crippen LogP contribution is 2.29. The van der Waals surface area contributed by atoms with E-state index in [1.165, 1.54) is 18.7 Å². The molecule has 0 fully saturated rings. The van der Waals surface area contributed by atoms with Crippen molar-refractivity contribution in [2.24, 2.45) is 0 Å². The third-order valence-electron chi connectivity index (χ3n) is 3.95. The van der Waals surface area contributed by atoms with Gasteiger partial charge in [-0.1, -0.05) is 30.0 Å². The molecule has 0 aliphatic carbocycles. The van der Waals surface area contributed by atoms with E-state index in [2.05, 4.69) is 20.5 Å². The molecule has 8 heteroatoms. The molecule has 1 amide bonds. The Morgan fingerprint density at radius 2 is 2.04 bits per heavy atom. The van der Waals surface area contributed by atoms with E-state index in [0.29, 0.717) is 29.7 Å². The van der Waals surface area contributed by atoms with Gasteiger partial charge in [-0.05, 0) is 26.8 Å². The SMILES string of the molecule is CC(=O)CC(C)(C)NC(=O)CCSc1nnc(-c2c[nH]c3ccccc23)o1. The van der Waals surface area contributed by atoms with Gasteiger partial charge >= 0.3 is 0 Å². The molecule has 1 aromatic carbocycles. The quantitative estimate of drug-likeness (QED) is 0.574. The molecule has 0 aliphatic heterocycles. The van der Waals surface area contributed by atoms with Crippen LogP contribution in [0.4, 0.5) is 0 Å². The lowest BCUT2D eigenvalue weighted by Gasteiger charge is -2.24. The first-order valence-electron chi connectivity index (χ1n) is 8.67. The molecule has 0 saturated heterocycles. The Labute approximate surface area is 161 Å². The Hall–Kier alpha value is -2.61. The maximum Gasteiger partial charge on any atom is 0.276 e. The lowest BCUT2D eigenvalue weighted by Crippen LogP contribution is -2.44. The zero-order valence-corrected chi connectivity index (χ0v) is 16.4. The first-order valence-corrected chi connectivity index (χ1v) is 9.66. The summed E-state index contributed by atoms with van der Waals surface area (Å²) in [5.41, 5.74) is 1.32. The molecule has 3 rings (SSSR count). The van der Waals surface area contributed by atoms with Gasteiger partial charge in [0.05, 0.1) is 5.56 Å². The van der Waals surface area contributed by atoms with E-state index in [4.69, 9.17) is 4.42 Å². The van der Waals surface area contributed by atoms with Crippen molar-refractivity contribution in [1.82, 2.24) is 20.5 Å². The van der Waals surface area contributed by atoms with E-state index in [-0.39, 0.29) is 11.7 Å². The minimum atomic E-state index is -0.541. The highest BCUT2D eigenvalue weighted by Gasteiger charge is 2.22. The average Bonchev–Trinajstić information content (AvgIpc) is 3.19. The molecule has 2 heterocycles. The highest BCUT2D eigenvalue weighted by atomic mass is 32.2. The minimum absolute atomic E-state index is 0.0466. The van der Waals surface area contributed by atoms with Crippen LogP contribution in [-0.4, -0.2) is 38.2 Å². The number of fused-ring (bicyclic) bond motifs is 1. The van der Waals surface area contributed by atoms with Crippen LogP contribution >= 0.6 is 11.8 Å². The Balaban J connectivity index is 1.54. The molecule has 27 heavy (non-hydrogen) atoms. The van der Waals surface area contributed by atoms with Gasteiger partial charge in [-0.2, -0.15) is 0 Å². The van der Waals surface area contributed by atoms with Gasteiger partial charge in [0.15, 0.2) is 0 Å². The molecule has 0 aliphatic rings. The summed E-state index contributed by atoms with van der Waals surface area (Å²) in [5.74, 6) is 0.898. The predicted octanol–water partition coefficient (Wildman–Crippen LogP) is 3.57. The van der Waals surface area contributed by atoms with Crippen LogP contribution in [-0.2, 0) is 9.59 Å². The Bertz CT molecular complexity index is 961. The number of H-pyrrole nitrogens is 1. The number of carbonyl (C=O) groups is 2. The van der Waals surface area contributed by atoms with E-state index < -0.39 is 5.54 Å². The van der Waals surface area contributed by atoms with Crippen LogP contribution in [0.3, 0.4) is 0 Å². The van der Waals surface area contributed by atoms with Gasteiger partial charge in [0, 0.05) is 41.2 Å². The fourth-order valence-electron chi connectivity index (χ4n) is 2.96. The largest absolute Gasteiger partial charge is 0.411 e. The number of benzene rings is 1. The van der Waals surface area contributed by atoms with Gasteiger partial charge in [-0.15, -0.1) is 10.2 Å². The van der Waals surface area contributed by atoms with Crippen LogP contribution in [0.5, 0.6) is 0 Å². The summed E-state index contributed by atoms with van der Waals surface area (Å²) in [7, 11) is 0. The smallest absolute Gasteiger partial charge is 0.276 e. The average molecular weight is 386 g/mol. The molecule has 142 valence electrons. The fraction of sp³-hybridized carbons (Fsp3) is 0.368. The Kier molecular flexibility index (Phi) is 5.65. The van der Waals surface area contributed by atoms with E-state index in [0.717, 1.165) is 16.5 Å². The first-order chi connectivity index (χ1) is 12.8. The van der Waals surface area contributed by atoms with Crippen molar-refractivity contribution in [2.45, 2.75) is 44.4 Å². The normalized spacial score (nSPS) is 11.7. The predicted molar refractivity (Wildman–Crippen MR) is 104 cm³/mol. The van der Waals surface area contributed by atoms with Crippen molar-refractivity contribution < 1.29 is 14.0 Å². The van der Waals surface area contributed by atoms with E-state index in [1.807, 2.05) is 44.3 Å². The molecular weight excluding hydrogens is 364 g/mol. The van der Waals surface area contributed by atoms with Gasteiger partial charge < -0.3 is 14.7 Å².